The SMILES string of the molecule is CC(C)Sc1ccccc1NN=C(C#N)C#N. The number of hydrogen-bond acceptors (Lipinski definition) is 5. The van der Waals surface area contributed by atoms with E-state index in [1.165, 1.54) is 0 Å². The van der Waals surface area contributed by atoms with Gasteiger partial charge < -0.3 is 0 Å². The Balaban J connectivity index is 2.89. The minimum atomic E-state index is -0.186. The molecule has 0 amide bonds. The van der Waals surface area contributed by atoms with Crippen LogP contribution in [0.15, 0.2) is 34.3 Å². The van der Waals surface area contributed by atoms with Crippen molar-refractivity contribution < 1.29 is 0 Å². The van der Waals surface area contributed by atoms with Crippen LogP contribution < -0.4 is 5.43 Å². The molecule has 1 aromatic carbocycles. The van der Waals surface area contributed by atoms with Gasteiger partial charge >= 0.3 is 0 Å². The van der Waals surface area contributed by atoms with E-state index < -0.39 is 0 Å². The van der Waals surface area contributed by atoms with Gasteiger partial charge in [0.1, 0.15) is 12.1 Å². The van der Waals surface area contributed by atoms with E-state index in [1.54, 1.807) is 23.9 Å². The Morgan fingerprint density at radius 3 is 2.53 bits per heavy atom. The first kappa shape index (κ1) is 13.1. The number of hydrogen-bond donors (Lipinski definition) is 1. The number of nitriles is 2. The highest BCUT2D eigenvalue weighted by atomic mass is 32.2. The van der Waals surface area contributed by atoms with Crippen molar-refractivity contribution in [1.82, 2.24) is 0 Å². The average Bonchev–Trinajstić information content (AvgIpc) is 2.31. The van der Waals surface area contributed by atoms with E-state index in [9.17, 15) is 0 Å². The van der Waals surface area contributed by atoms with Gasteiger partial charge in [-0.3, -0.25) is 5.43 Å². The molecule has 5 heteroatoms. The summed E-state index contributed by atoms with van der Waals surface area (Å²) in [5.41, 5.74) is 3.36. The maximum atomic E-state index is 8.57. The Hall–Kier alpha value is -1.98. The molecule has 0 bridgehead atoms. The Morgan fingerprint density at radius 2 is 1.94 bits per heavy atom. The van der Waals surface area contributed by atoms with Crippen molar-refractivity contribution in [1.29, 1.82) is 10.5 Å². The van der Waals surface area contributed by atoms with Gasteiger partial charge in [-0.2, -0.15) is 15.6 Å². The van der Waals surface area contributed by atoms with Gasteiger partial charge in [0.15, 0.2) is 0 Å². The molecule has 0 spiro atoms. The van der Waals surface area contributed by atoms with E-state index in [2.05, 4.69) is 24.4 Å². The predicted molar refractivity (Wildman–Crippen MR) is 69.7 cm³/mol. The summed E-state index contributed by atoms with van der Waals surface area (Å²) in [4.78, 5) is 1.04. The minimum absolute atomic E-state index is 0.186. The molecule has 0 aliphatic heterocycles. The molecule has 0 saturated carbocycles. The van der Waals surface area contributed by atoms with Crippen LogP contribution in [0, 0.1) is 22.7 Å². The van der Waals surface area contributed by atoms with Gasteiger partial charge in [-0.05, 0) is 12.1 Å². The first-order chi connectivity index (χ1) is 8.17. The van der Waals surface area contributed by atoms with E-state index in [1.807, 2.05) is 24.3 Å². The molecular formula is C12H12N4S. The van der Waals surface area contributed by atoms with E-state index in [-0.39, 0.29) is 5.71 Å². The second-order valence-corrected chi connectivity index (χ2v) is 5.08. The minimum Gasteiger partial charge on any atom is -0.275 e. The van der Waals surface area contributed by atoms with Gasteiger partial charge in [-0.15, -0.1) is 11.8 Å². The van der Waals surface area contributed by atoms with E-state index in [0.717, 1.165) is 10.6 Å². The van der Waals surface area contributed by atoms with Crippen LogP contribution in [0.3, 0.4) is 0 Å². The second kappa shape index (κ2) is 6.57. The number of anilines is 1. The molecular weight excluding hydrogens is 232 g/mol. The van der Waals surface area contributed by atoms with Gasteiger partial charge in [0.05, 0.1) is 5.69 Å². The third-order valence-corrected chi connectivity index (χ3v) is 2.83. The Kier molecular flexibility index (Phi) is 5.06. The fraction of sp³-hybridized carbons (Fsp3) is 0.250. The number of rotatable bonds is 4. The Bertz CT molecular complexity index is 478. The highest BCUT2D eigenvalue weighted by Crippen LogP contribution is 2.29. The fourth-order valence-electron chi connectivity index (χ4n) is 1.11. The summed E-state index contributed by atoms with van der Waals surface area (Å²) in [5.74, 6) is 0. The largest absolute Gasteiger partial charge is 0.275 e. The zero-order valence-corrected chi connectivity index (χ0v) is 10.5. The predicted octanol–water partition coefficient (Wildman–Crippen LogP) is 3.00. The molecule has 17 heavy (non-hydrogen) atoms. The third-order valence-electron chi connectivity index (χ3n) is 1.75. The van der Waals surface area contributed by atoms with Crippen LogP contribution in [-0.4, -0.2) is 11.0 Å². The number of nitrogens with one attached hydrogen (secondary N) is 1. The van der Waals surface area contributed by atoms with Crippen molar-refractivity contribution in [2.75, 3.05) is 5.43 Å². The number of para-hydroxylation sites is 1. The monoisotopic (exact) mass is 244 g/mol. The molecule has 0 aliphatic carbocycles. The third kappa shape index (κ3) is 4.18. The van der Waals surface area contributed by atoms with Crippen molar-refractivity contribution >= 4 is 23.2 Å². The lowest BCUT2D eigenvalue weighted by molar-refractivity contribution is 1.11. The standard InChI is InChI=1S/C12H12N4S/c1-9(2)17-12-6-4-3-5-11(12)16-15-10(7-13)8-14/h3-6,9,16H,1-2H3. The topological polar surface area (TPSA) is 72.0 Å². The van der Waals surface area contributed by atoms with Crippen molar-refractivity contribution in [2.45, 2.75) is 24.0 Å². The van der Waals surface area contributed by atoms with Crippen molar-refractivity contribution in [3.63, 3.8) is 0 Å². The summed E-state index contributed by atoms with van der Waals surface area (Å²) in [6.07, 6.45) is 0. The molecule has 0 saturated heterocycles. The molecule has 1 N–H and O–H groups in total. The van der Waals surface area contributed by atoms with Gasteiger partial charge in [0, 0.05) is 10.1 Å². The molecule has 0 aliphatic rings. The zero-order chi connectivity index (χ0) is 12.7. The molecule has 0 radical (unpaired) electrons. The Morgan fingerprint density at radius 1 is 1.29 bits per heavy atom. The maximum Gasteiger partial charge on any atom is 0.237 e. The van der Waals surface area contributed by atoms with Gasteiger partial charge in [0.2, 0.25) is 5.71 Å². The quantitative estimate of drug-likeness (QED) is 0.502. The normalized spacial score (nSPS) is 9.24. The van der Waals surface area contributed by atoms with Gasteiger partial charge in [-0.1, -0.05) is 26.0 Å². The van der Waals surface area contributed by atoms with Crippen molar-refractivity contribution in [3.05, 3.63) is 24.3 Å². The summed E-state index contributed by atoms with van der Waals surface area (Å²) in [7, 11) is 0. The van der Waals surface area contributed by atoms with Crippen LogP contribution in [-0.2, 0) is 0 Å². The molecule has 0 aromatic heterocycles. The van der Waals surface area contributed by atoms with E-state index >= 15 is 0 Å². The lowest BCUT2D eigenvalue weighted by Crippen LogP contribution is -1.98. The molecule has 0 heterocycles. The fourth-order valence-corrected chi connectivity index (χ4v) is 2.01. The summed E-state index contributed by atoms with van der Waals surface area (Å²) in [6.45, 7) is 4.20. The van der Waals surface area contributed by atoms with Crippen LogP contribution in [0.25, 0.3) is 0 Å². The average molecular weight is 244 g/mol. The highest BCUT2D eigenvalue weighted by Gasteiger charge is 2.04. The molecule has 0 fully saturated rings. The van der Waals surface area contributed by atoms with Crippen LogP contribution in [0.1, 0.15) is 13.8 Å². The zero-order valence-electron chi connectivity index (χ0n) is 9.64. The lowest BCUT2D eigenvalue weighted by atomic mass is 10.3. The van der Waals surface area contributed by atoms with Gasteiger partial charge in [-0.25, -0.2) is 0 Å². The summed E-state index contributed by atoms with van der Waals surface area (Å²) in [5, 5.41) is 21.3. The number of nitrogens with zero attached hydrogens (tertiary/aromatic N) is 3. The summed E-state index contributed by atoms with van der Waals surface area (Å²) in [6, 6.07) is 11.1. The molecule has 86 valence electrons. The smallest absolute Gasteiger partial charge is 0.237 e. The van der Waals surface area contributed by atoms with E-state index in [4.69, 9.17) is 10.5 Å². The van der Waals surface area contributed by atoms with Gasteiger partial charge in [0.25, 0.3) is 0 Å². The summed E-state index contributed by atoms with van der Waals surface area (Å²) >= 11 is 1.69. The number of benzene rings is 1. The van der Waals surface area contributed by atoms with Crippen molar-refractivity contribution in [2.24, 2.45) is 5.10 Å². The first-order valence-corrected chi connectivity index (χ1v) is 5.95. The highest BCUT2D eigenvalue weighted by molar-refractivity contribution is 8.00. The maximum absolute atomic E-state index is 8.57. The van der Waals surface area contributed by atoms with Crippen LogP contribution in [0.2, 0.25) is 0 Å². The molecule has 1 aromatic rings. The molecule has 4 nitrogen and oxygen atoms in total. The molecule has 0 atom stereocenters. The molecule has 1 rings (SSSR count). The summed E-state index contributed by atoms with van der Waals surface area (Å²) < 4.78 is 0. The van der Waals surface area contributed by atoms with Crippen LogP contribution in [0.4, 0.5) is 5.69 Å². The molecule has 0 unspecified atom stereocenters. The second-order valence-electron chi connectivity index (χ2n) is 3.46. The van der Waals surface area contributed by atoms with E-state index in [0.29, 0.717) is 5.25 Å². The number of thioether (sulfide) groups is 1. The van der Waals surface area contributed by atoms with Crippen molar-refractivity contribution in [3.8, 4) is 12.1 Å². The first-order valence-electron chi connectivity index (χ1n) is 5.07. The number of hydrazone groups is 1. The Labute approximate surface area is 105 Å². The van der Waals surface area contributed by atoms with Crippen LogP contribution >= 0.6 is 11.8 Å². The van der Waals surface area contributed by atoms with Crippen LogP contribution in [0.5, 0.6) is 0 Å². The lowest BCUT2D eigenvalue weighted by Gasteiger charge is -2.09.